The number of carbonyl (C=O) groups is 2. The molecule has 2 aromatic rings. The molecule has 0 spiro atoms. The zero-order valence-corrected chi connectivity index (χ0v) is 12.7. The van der Waals surface area contributed by atoms with E-state index in [1.54, 1.807) is 12.3 Å². The lowest BCUT2D eigenvalue weighted by atomic mass is 10.0. The van der Waals surface area contributed by atoms with Gasteiger partial charge in [-0.2, -0.15) is 0 Å². The number of imidazole rings is 1. The van der Waals surface area contributed by atoms with Gasteiger partial charge in [-0.05, 0) is 24.5 Å². The van der Waals surface area contributed by atoms with E-state index < -0.39 is 0 Å². The van der Waals surface area contributed by atoms with Crippen molar-refractivity contribution in [2.24, 2.45) is 0 Å². The van der Waals surface area contributed by atoms with E-state index in [-0.39, 0.29) is 24.3 Å². The Morgan fingerprint density at radius 3 is 3.13 bits per heavy atom. The van der Waals surface area contributed by atoms with Gasteiger partial charge in [0, 0.05) is 18.5 Å². The molecule has 3 heterocycles. The first-order valence-electron chi connectivity index (χ1n) is 7.96. The number of rotatable bonds is 3. The van der Waals surface area contributed by atoms with E-state index in [1.807, 2.05) is 18.2 Å². The van der Waals surface area contributed by atoms with Crippen molar-refractivity contribution in [1.82, 2.24) is 14.9 Å². The summed E-state index contributed by atoms with van der Waals surface area (Å²) in [6.07, 6.45) is 5.17. The Bertz CT molecular complexity index is 781. The Balaban J connectivity index is 1.47. The number of carbonyl (C=O) groups excluding carboxylic acids is 2. The number of hydrogen-bond donors (Lipinski definition) is 2. The number of nitrogens with zero attached hydrogens (tertiary/aromatic N) is 2. The van der Waals surface area contributed by atoms with Crippen LogP contribution in [0.3, 0.4) is 0 Å². The van der Waals surface area contributed by atoms with Gasteiger partial charge in [0.1, 0.15) is 11.6 Å². The fourth-order valence-electron chi connectivity index (χ4n) is 3.38. The molecule has 2 amide bonds. The van der Waals surface area contributed by atoms with Gasteiger partial charge in [-0.25, -0.2) is 4.98 Å². The predicted octanol–water partition coefficient (Wildman–Crippen LogP) is 2.03. The number of hydrogen-bond acceptors (Lipinski definition) is 3. The average molecular weight is 310 g/mol. The van der Waals surface area contributed by atoms with Crippen molar-refractivity contribution in [3.8, 4) is 0 Å². The van der Waals surface area contributed by atoms with Crippen molar-refractivity contribution in [2.75, 3.05) is 5.32 Å². The first kappa shape index (κ1) is 14.0. The molecule has 2 aliphatic heterocycles. The molecule has 0 radical (unpaired) electrons. The number of anilines is 1. The molecule has 1 aromatic carbocycles. The standard InChI is InChI=1S/C17H18N4O2/c22-16(20-15-10-18-14-7-3-4-8-21(14)15)9-13-11-5-1-2-6-12(11)17(23)19-13/h1-2,5-6,10,13H,3-4,7-9H2,(H,19,23)(H,20,22). The summed E-state index contributed by atoms with van der Waals surface area (Å²) in [5.74, 6) is 1.56. The molecule has 1 unspecified atom stereocenters. The largest absolute Gasteiger partial charge is 0.345 e. The lowest BCUT2D eigenvalue weighted by molar-refractivity contribution is -0.116. The Hall–Kier alpha value is -2.63. The molecule has 118 valence electrons. The quantitative estimate of drug-likeness (QED) is 0.911. The van der Waals surface area contributed by atoms with E-state index >= 15 is 0 Å². The van der Waals surface area contributed by atoms with Crippen LogP contribution in [0.25, 0.3) is 0 Å². The maximum atomic E-state index is 12.4. The van der Waals surface area contributed by atoms with Crippen LogP contribution in [0.2, 0.25) is 0 Å². The first-order chi connectivity index (χ1) is 11.2. The zero-order valence-electron chi connectivity index (χ0n) is 12.7. The Labute approximate surface area is 133 Å². The summed E-state index contributed by atoms with van der Waals surface area (Å²) in [5.41, 5.74) is 1.55. The maximum Gasteiger partial charge on any atom is 0.252 e. The van der Waals surface area contributed by atoms with E-state index in [1.165, 1.54) is 0 Å². The summed E-state index contributed by atoms with van der Waals surface area (Å²) < 4.78 is 2.07. The molecule has 0 saturated heterocycles. The molecule has 1 aromatic heterocycles. The van der Waals surface area contributed by atoms with Crippen molar-refractivity contribution < 1.29 is 9.59 Å². The fraction of sp³-hybridized carbons (Fsp3) is 0.353. The number of benzene rings is 1. The minimum absolute atomic E-state index is 0.111. The Morgan fingerprint density at radius 1 is 1.35 bits per heavy atom. The lowest BCUT2D eigenvalue weighted by Gasteiger charge is -2.17. The number of aromatic nitrogens is 2. The summed E-state index contributed by atoms with van der Waals surface area (Å²) in [4.78, 5) is 28.6. The monoisotopic (exact) mass is 310 g/mol. The number of amides is 2. The molecule has 2 N–H and O–H groups in total. The first-order valence-corrected chi connectivity index (χ1v) is 7.96. The highest BCUT2D eigenvalue weighted by Crippen LogP contribution is 2.28. The molecule has 0 saturated carbocycles. The van der Waals surface area contributed by atoms with E-state index in [9.17, 15) is 9.59 Å². The minimum Gasteiger partial charge on any atom is -0.345 e. The summed E-state index contributed by atoms with van der Waals surface area (Å²) >= 11 is 0. The van der Waals surface area contributed by atoms with E-state index in [0.717, 1.165) is 43.0 Å². The molecule has 6 heteroatoms. The van der Waals surface area contributed by atoms with Crippen LogP contribution in [-0.4, -0.2) is 21.4 Å². The van der Waals surface area contributed by atoms with Crippen LogP contribution in [0.1, 0.15) is 47.1 Å². The van der Waals surface area contributed by atoms with Gasteiger partial charge < -0.3 is 15.2 Å². The summed E-state index contributed by atoms with van der Waals surface area (Å²) in [6, 6.07) is 7.14. The average Bonchev–Trinajstić information content (AvgIpc) is 3.10. The van der Waals surface area contributed by atoms with E-state index in [4.69, 9.17) is 0 Å². The number of fused-ring (bicyclic) bond motifs is 2. The second-order valence-electron chi connectivity index (χ2n) is 6.03. The van der Waals surface area contributed by atoms with Gasteiger partial charge in [0.15, 0.2) is 0 Å². The smallest absolute Gasteiger partial charge is 0.252 e. The molecular weight excluding hydrogens is 292 g/mol. The number of nitrogens with one attached hydrogen (secondary N) is 2. The summed E-state index contributed by atoms with van der Waals surface area (Å²) in [6.45, 7) is 0.897. The minimum atomic E-state index is -0.262. The summed E-state index contributed by atoms with van der Waals surface area (Å²) in [7, 11) is 0. The molecular formula is C17H18N4O2. The van der Waals surface area contributed by atoms with Gasteiger partial charge in [-0.3, -0.25) is 9.59 Å². The highest BCUT2D eigenvalue weighted by molar-refractivity contribution is 6.00. The van der Waals surface area contributed by atoms with Gasteiger partial charge >= 0.3 is 0 Å². The molecule has 23 heavy (non-hydrogen) atoms. The Morgan fingerprint density at radius 2 is 2.22 bits per heavy atom. The van der Waals surface area contributed by atoms with Crippen LogP contribution >= 0.6 is 0 Å². The third kappa shape index (κ3) is 2.50. The Kier molecular flexibility index (Phi) is 3.37. The molecule has 0 bridgehead atoms. The van der Waals surface area contributed by atoms with Crippen LogP contribution in [0.15, 0.2) is 30.5 Å². The molecule has 6 nitrogen and oxygen atoms in total. The van der Waals surface area contributed by atoms with Crippen LogP contribution in [0.4, 0.5) is 5.82 Å². The van der Waals surface area contributed by atoms with Gasteiger partial charge in [0.25, 0.3) is 5.91 Å². The second kappa shape index (κ2) is 5.53. The second-order valence-corrected chi connectivity index (χ2v) is 6.03. The molecule has 0 fully saturated rings. The van der Waals surface area contributed by atoms with Crippen LogP contribution in [-0.2, 0) is 17.8 Å². The van der Waals surface area contributed by atoms with Crippen LogP contribution in [0.5, 0.6) is 0 Å². The van der Waals surface area contributed by atoms with Crippen LogP contribution in [0, 0.1) is 0 Å². The highest BCUT2D eigenvalue weighted by Gasteiger charge is 2.29. The molecule has 4 rings (SSSR count). The van der Waals surface area contributed by atoms with Crippen molar-refractivity contribution in [3.05, 3.63) is 47.4 Å². The third-order valence-electron chi connectivity index (χ3n) is 4.51. The van der Waals surface area contributed by atoms with Gasteiger partial charge in [0.05, 0.1) is 18.7 Å². The van der Waals surface area contributed by atoms with E-state index in [2.05, 4.69) is 20.2 Å². The van der Waals surface area contributed by atoms with Crippen molar-refractivity contribution in [1.29, 1.82) is 0 Å². The van der Waals surface area contributed by atoms with Gasteiger partial charge in [-0.1, -0.05) is 18.2 Å². The van der Waals surface area contributed by atoms with Gasteiger partial charge in [0.2, 0.25) is 5.91 Å². The van der Waals surface area contributed by atoms with Crippen molar-refractivity contribution >= 4 is 17.6 Å². The summed E-state index contributed by atoms with van der Waals surface area (Å²) in [5, 5.41) is 5.80. The van der Waals surface area contributed by atoms with Crippen molar-refractivity contribution in [2.45, 2.75) is 38.3 Å². The maximum absolute atomic E-state index is 12.4. The normalized spacial score (nSPS) is 19.0. The molecule has 0 aliphatic carbocycles. The van der Waals surface area contributed by atoms with Crippen LogP contribution < -0.4 is 10.6 Å². The van der Waals surface area contributed by atoms with E-state index in [0.29, 0.717) is 5.56 Å². The molecule has 1 atom stereocenters. The lowest BCUT2D eigenvalue weighted by Crippen LogP contribution is -2.25. The molecule has 2 aliphatic rings. The third-order valence-corrected chi connectivity index (χ3v) is 4.51. The van der Waals surface area contributed by atoms with Gasteiger partial charge in [-0.15, -0.1) is 0 Å². The zero-order chi connectivity index (χ0) is 15.8. The SMILES string of the molecule is O=C(CC1NC(=O)c2ccccc21)Nc1cnc2n1CCCC2. The highest BCUT2D eigenvalue weighted by atomic mass is 16.2. The topological polar surface area (TPSA) is 76.0 Å². The number of aryl methyl sites for hydroxylation is 1. The predicted molar refractivity (Wildman–Crippen MR) is 85.1 cm³/mol. The van der Waals surface area contributed by atoms with Crippen molar-refractivity contribution in [3.63, 3.8) is 0 Å². The fourth-order valence-corrected chi connectivity index (χ4v) is 3.38.